The first-order chi connectivity index (χ1) is 7.92. The summed E-state index contributed by atoms with van der Waals surface area (Å²) >= 11 is 3.63. The van der Waals surface area contributed by atoms with Crippen LogP contribution in [0.15, 0.2) is 10.6 Å². The molecule has 0 aromatic carbocycles. The van der Waals surface area contributed by atoms with Crippen LogP contribution in [0.1, 0.15) is 20.3 Å². The molecule has 1 saturated carbocycles. The van der Waals surface area contributed by atoms with Crippen LogP contribution in [0.2, 0.25) is 0 Å². The van der Waals surface area contributed by atoms with Crippen molar-refractivity contribution >= 4 is 21.7 Å². The van der Waals surface area contributed by atoms with E-state index in [4.69, 9.17) is 9.47 Å². The van der Waals surface area contributed by atoms with E-state index in [2.05, 4.69) is 35.9 Å². The molecule has 4 atom stereocenters. The molecule has 2 bridgehead atoms. The van der Waals surface area contributed by atoms with Gasteiger partial charge in [-0.1, -0.05) is 22.0 Å². The molecule has 3 aliphatic carbocycles. The maximum absolute atomic E-state index is 12.7. The van der Waals surface area contributed by atoms with E-state index in [1.54, 1.807) is 0 Å². The molecule has 17 heavy (non-hydrogen) atoms. The molecule has 3 nitrogen and oxygen atoms in total. The van der Waals surface area contributed by atoms with E-state index in [0.29, 0.717) is 19.1 Å². The topological polar surface area (TPSA) is 38.8 Å². The number of Topliss-reactive ketones (excluding diaryl/α,β-unsaturated/α-hetero) is 1. The summed E-state index contributed by atoms with van der Waals surface area (Å²) < 4.78 is 12.6. The second kappa shape index (κ2) is 2.70. The van der Waals surface area contributed by atoms with Gasteiger partial charge < -0.3 is 9.47 Å². The fourth-order valence-electron chi connectivity index (χ4n) is 4.12. The number of halogens is 1. The minimum Gasteiger partial charge on any atom is -0.374 e. The third kappa shape index (κ3) is 1.00. The van der Waals surface area contributed by atoms with E-state index in [9.17, 15) is 4.79 Å². The molecule has 2 heterocycles. The highest BCUT2D eigenvalue weighted by Crippen LogP contribution is 2.66. The molecule has 0 aromatic rings. The Morgan fingerprint density at radius 2 is 2.06 bits per heavy atom. The van der Waals surface area contributed by atoms with E-state index in [0.717, 1.165) is 10.9 Å². The van der Waals surface area contributed by atoms with Gasteiger partial charge >= 0.3 is 0 Å². The zero-order valence-corrected chi connectivity index (χ0v) is 11.5. The molecule has 5 aliphatic rings. The molecule has 4 heteroatoms. The van der Waals surface area contributed by atoms with Crippen LogP contribution in [0.25, 0.3) is 0 Å². The molecule has 0 N–H and O–H groups in total. The zero-order chi connectivity index (χ0) is 12.1. The minimum atomic E-state index is -0.506. The number of carbonyl (C=O) groups is 1. The van der Waals surface area contributed by atoms with Gasteiger partial charge in [-0.3, -0.25) is 4.79 Å². The van der Waals surface area contributed by atoms with Crippen molar-refractivity contribution in [2.45, 2.75) is 31.5 Å². The van der Waals surface area contributed by atoms with Gasteiger partial charge in [0.05, 0.1) is 24.2 Å². The second-order valence-electron chi connectivity index (χ2n) is 6.31. The van der Waals surface area contributed by atoms with Crippen LogP contribution in [0.3, 0.4) is 0 Å². The smallest absolute Gasteiger partial charge is 0.180 e. The Labute approximate surface area is 109 Å². The summed E-state index contributed by atoms with van der Waals surface area (Å²) in [6.07, 6.45) is 3.10. The van der Waals surface area contributed by atoms with Crippen molar-refractivity contribution in [2.24, 2.45) is 17.3 Å². The maximum Gasteiger partial charge on any atom is 0.180 e. The molecule has 92 valence electrons. The van der Waals surface area contributed by atoms with Gasteiger partial charge in [-0.25, -0.2) is 0 Å². The lowest BCUT2D eigenvalue weighted by molar-refractivity contribution is -0.141. The first kappa shape index (κ1) is 10.7. The van der Waals surface area contributed by atoms with Crippen molar-refractivity contribution in [3.8, 4) is 0 Å². The van der Waals surface area contributed by atoms with Gasteiger partial charge in [0.1, 0.15) is 0 Å². The van der Waals surface area contributed by atoms with Crippen LogP contribution in [0.4, 0.5) is 0 Å². The predicted octanol–water partition coefficient (Wildman–Crippen LogP) is 2.05. The fraction of sp³-hybridized carbons (Fsp3) is 0.769. The highest BCUT2D eigenvalue weighted by Gasteiger charge is 2.75. The van der Waals surface area contributed by atoms with Crippen LogP contribution < -0.4 is 0 Å². The first-order valence-electron chi connectivity index (χ1n) is 6.13. The molecule has 0 unspecified atom stereocenters. The summed E-state index contributed by atoms with van der Waals surface area (Å²) in [5.41, 5.74) is -1.14. The number of hydrogen-bond donors (Lipinski definition) is 0. The first-order valence-corrected chi connectivity index (χ1v) is 6.93. The normalized spacial score (nSPS) is 53.8. The van der Waals surface area contributed by atoms with Gasteiger partial charge in [0.2, 0.25) is 0 Å². The lowest BCUT2D eigenvalue weighted by atomic mass is 9.52. The van der Waals surface area contributed by atoms with E-state index in [1.165, 1.54) is 0 Å². The molecule has 2 aliphatic heterocycles. The van der Waals surface area contributed by atoms with Crippen LogP contribution in [-0.2, 0) is 14.3 Å². The van der Waals surface area contributed by atoms with Crippen LogP contribution in [-0.4, -0.2) is 30.2 Å². The highest BCUT2D eigenvalue weighted by molar-refractivity contribution is 9.11. The van der Waals surface area contributed by atoms with Gasteiger partial charge in [-0.15, -0.1) is 0 Å². The number of hydrogen-bond acceptors (Lipinski definition) is 3. The molecule has 2 spiro atoms. The summed E-state index contributed by atoms with van der Waals surface area (Å²) in [6.45, 7) is 5.30. The van der Waals surface area contributed by atoms with Crippen molar-refractivity contribution in [3.63, 3.8) is 0 Å². The third-order valence-corrected chi connectivity index (χ3v) is 5.95. The Kier molecular flexibility index (Phi) is 1.70. The highest BCUT2D eigenvalue weighted by atomic mass is 79.9. The Hall–Kier alpha value is -0.190. The van der Waals surface area contributed by atoms with Gasteiger partial charge in [-0.2, -0.15) is 0 Å². The lowest BCUT2D eigenvalue weighted by Gasteiger charge is -2.49. The maximum atomic E-state index is 12.7. The molecule has 2 saturated heterocycles. The zero-order valence-electron chi connectivity index (χ0n) is 9.96. The molecule has 3 fully saturated rings. The SMILES string of the molecule is CC1(C)OC[C@@]23C=C(Br)[C@@H](C[C@H]12)[C@@]1(CO1)C3=O. The number of ketones is 1. The minimum absolute atomic E-state index is 0.200. The molecular formula is C13H15BrO3. The third-order valence-electron chi connectivity index (χ3n) is 5.17. The Morgan fingerprint density at radius 1 is 1.35 bits per heavy atom. The predicted molar refractivity (Wildman–Crippen MR) is 64.8 cm³/mol. The summed E-state index contributed by atoms with van der Waals surface area (Å²) in [5, 5.41) is 0. The Balaban J connectivity index is 1.92. The van der Waals surface area contributed by atoms with Gasteiger partial charge in [0.15, 0.2) is 11.4 Å². The monoisotopic (exact) mass is 298 g/mol. The Bertz CT molecular complexity index is 463. The Morgan fingerprint density at radius 3 is 2.71 bits per heavy atom. The van der Waals surface area contributed by atoms with E-state index in [-0.39, 0.29) is 17.3 Å². The van der Waals surface area contributed by atoms with Gasteiger partial charge in [0.25, 0.3) is 0 Å². The summed E-state index contributed by atoms with van der Waals surface area (Å²) in [5.74, 6) is 0.770. The van der Waals surface area contributed by atoms with E-state index >= 15 is 0 Å². The van der Waals surface area contributed by atoms with Crippen molar-refractivity contribution in [3.05, 3.63) is 10.6 Å². The van der Waals surface area contributed by atoms with Crippen LogP contribution in [0.5, 0.6) is 0 Å². The van der Waals surface area contributed by atoms with Crippen LogP contribution in [0, 0.1) is 17.3 Å². The quantitative estimate of drug-likeness (QED) is 0.643. The molecule has 0 aromatic heterocycles. The number of rotatable bonds is 0. The summed E-state index contributed by atoms with van der Waals surface area (Å²) in [7, 11) is 0. The average Bonchev–Trinajstić information content (AvgIpc) is 2.99. The molecule has 0 radical (unpaired) electrons. The number of epoxide rings is 1. The van der Waals surface area contributed by atoms with E-state index in [1.807, 2.05) is 0 Å². The molecular weight excluding hydrogens is 284 g/mol. The number of ether oxygens (including phenoxy) is 2. The summed E-state index contributed by atoms with van der Waals surface area (Å²) in [6, 6.07) is 0. The summed E-state index contributed by atoms with van der Waals surface area (Å²) in [4.78, 5) is 12.7. The van der Waals surface area contributed by atoms with Gasteiger partial charge in [0, 0.05) is 11.8 Å². The average molecular weight is 299 g/mol. The largest absolute Gasteiger partial charge is 0.374 e. The standard InChI is InChI=1S/C13H15BrO3/c1-11(2)9-3-7-8(14)4-12(9,5-16-11)10(15)13(7)6-17-13/h4,7,9H,3,5-6H2,1-2H3/t7-,9-,12+,13+/m1/s1. The van der Waals surface area contributed by atoms with Gasteiger partial charge in [-0.05, 0) is 24.8 Å². The van der Waals surface area contributed by atoms with Crippen LogP contribution >= 0.6 is 15.9 Å². The van der Waals surface area contributed by atoms with E-state index < -0.39 is 11.0 Å². The fourth-order valence-corrected chi connectivity index (χ4v) is 5.09. The molecule has 5 rings (SSSR count). The van der Waals surface area contributed by atoms with Crippen molar-refractivity contribution in [1.29, 1.82) is 0 Å². The number of carbonyl (C=O) groups excluding carboxylic acids is 1. The van der Waals surface area contributed by atoms with Crippen molar-refractivity contribution in [2.75, 3.05) is 13.2 Å². The molecule has 0 amide bonds. The second-order valence-corrected chi connectivity index (χ2v) is 7.23. The van der Waals surface area contributed by atoms with Crippen molar-refractivity contribution < 1.29 is 14.3 Å². The lowest BCUT2D eigenvalue weighted by Crippen LogP contribution is -2.59. The van der Waals surface area contributed by atoms with Crippen molar-refractivity contribution in [1.82, 2.24) is 0 Å².